The first-order valence-electron chi connectivity index (χ1n) is 7.48. The van der Waals surface area contributed by atoms with Crippen molar-refractivity contribution < 1.29 is 10.2 Å². The van der Waals surface area contributed by atoms with Crippen molar-refractivity contribution in [2.75, 3.05) is 26.2 Å². The van der Waals surface area contributed by atoms with Crippen LogP contribution in [0.25, 0.3) is 0 Å². The quantitative estimate of drug-likeness (QED) is 0.799. The fourth-order valence-corrected chi connectivity index (χ4v) is 3.84. The number of pyridine rings is 1. The third-order valence-corrected chi connectivity index (χ3v) is 5.06. The van der Waals surface area contributed by atoms with Gasteiger partial charge in [0.15, 0.2) is 0 Å². The summed E-state index contributed by atoms with van der Waals surface area (Å²) < 4.78 is 0. The standard InChI is InChI=1S/C16H21N3O2S/c1-11-16(21)14(12(10-20)9-18-11)15(13-3-2-8-22-13)19-6-4-17-5-7-19/h2-3,8-9,15,17,20-21H,4-7,10H2,1H3/t15-/m1/s1. The molecule has 1 saturated heterocycles. The highest BCUT2D eigenvalue weighted by atomic mass is 32.1. The van der Waals surface area contributed by atoms with Gasteiger partial charge in [-0.25, -0.2) is 0 Å². The number of nitrogens with zero attached hydrogens (tertiary/aromatic N) is 2. The van der Waals surface area contributed by atoms with Crippen molar-refractivity contribution in [1.82, 2.24) is 15.2 Å². The van der Waals surface area contributed by atoms with Crippen LogP contribution >= 0.6 is 11.3 Å². The summed E-state index contributed by atoms with van der Waals surface area (Å²) in [5, 5.41) is 25.7. The molecule has 0 bridgehead atoms. The van der Waals surface area contributed by atoms with E-state index in [0.29, 0.717) is 11.3 Å². The fraction of sp³-hybridized carbons (Fsp3) is 0.438. The Kier molecular flexibility index (Phi) is 4.73. The van der Waals surface area contributed by atoms with Crippen molar-refractivity contribution in [2.24, 2.45) is 0 Å². The lowest BCUT2D eigenvalue weighted by Crippen LogP contribution is -2.45. The fourth-order valence-electron chi connectivity index (χ4n) is 2.98. The van der Waals surface area contributed by atoms with Gasteiger partial charge < -0.3 is 15.5 Å². The molecule has 0 spiro atoms. The van der Waals surface area contributed by atoms with Crippen LogP contribution in [0, 0.1) is 6.92 Å². The van der Waals surface area contributed by atoms with E-state index in [0.717, 1.165) is 31.7 Å². The predicted octanol–water partition coefficient (Wildman–Crippen LogP) is 1.64. The molecule has 6 heteroatoms. The summed E-state index contributed by atoms with van der Waals surface area (Å²) in [6.07, 6.45) is 1.67. The van der Waals surface area contributed by atoms with Crippen molar-refractivity contribution in [3.8, 4) is 5.75 Å². The largest absolute Gasteiger partial charge is 0.506 e. The summed E-state index contributed by atoms with van der Waals surface area (Å²) in [5.41, 5.74) is 2.09. The van der Waals surface area contributed by atoms with Crippen LogP contribution in [0.5, 0.6) is 5.75 Å². The van der Waals surface area contributed by atoms with Crippen LogP contribution in [-0.4, -0.2) is 46.3 Å². The van der Waals surface area contributed by atoms with Crippen LogP contribution in [0.1, 0.15) is 27.7 Å². The van der Waals surface area contributed by atoms with Gasteiger partial charge in [-0.2, -0.15) is 0 Å². The molecule has 3 N–H and O–H groups in total. The van der Waals surface area contributed by atoms with Gasteiger partial charge in [0.1, 0.15) is 5.75 Å². The van der Waals surface area contributed by atoms with Crippen molar-refractivity contribution in [2.45, 2.75) is 19.6 Å². The molecule has 2 aromatic rings. The number of rotatable bonds is 4. The van der Waals surface area contributed by atoms with Gasteiger partial charge in [0, 0.05) is 48.4 Å². The Morgan fingerprint density at radius 1 is 1.41 bits per heavy atom. The number of aryl methyl sites for hydroxylation is 1. The molecule has 3 heterocycles. The smallest absolute Gasteiger partial charge is 0.142 e. The van der Waals surface area contributed by atoms with Crippen LogP contribution in [0.4, 0.5) is 0 Å². The summed E-state index contributed by atoms with van der Waals surface area (Å²) in [6, 6.07) is 4.08. The van der Waals surface area contributed by atoms with Gasteiger partial charge in [-0.05, 0) is 18.4 Å². The third-order valence-electron chi connectivity index (χ3n) is 4.13. The molecular formula is C16H21N3O2S. The van der Waals surface area contributed by atoms with E-state index in [9.17, 15) is 10.2 Å². The Hall–Kier alpha value is -1.47. The lowest BCUT2D eigenvalue weighted by atomic mass is 9.97. The van der Waals surface area contributed by atoms with Crippen molar-refractivity contribution in [3.63, 3.8) is 0 Å². The topological polar surface area (TPSA) is 68.6 Å². The number of hydrogen-bond acceptors (Lipinski definition) is 6. The highest BCUT2D eigenvalue weighted by Gasteiger charge is 2.29. The van der Waals surface area contributed by atoms with Crippen LogP contribution in [-0.2, 0) is 6.61 Å². The monoisotopic (exact) mass is 319 g/mol. The molecule has 0 radical (unpaired) electrons. The number of piperazine rings is 1. The van der Waals surface area contributed by atoms with E-state index < -0.39 is 0 Å². The third kappa shape index (κ3) is 2.87. The first-order valence-corrected chi connectivity index (χ1v) is 8.36. The van der Waals surface area contributed by atoms with E-state index in [1.54, 1.807) is 24.5 Å². The number of aliphatic hydroxyl groups is 1. The molecule has 0 unspecified atom stereocenters. The van der Waals surface area contributed by atoms with E-state index in [-0.39, 0.29) is 18.4 Å². The van der Waals surface area contributed by atoms with E-state index in [1.165, 1.54) is 4.88 Å². The predicted molar refractivity (Wildman–Crippen MR) is 87.2 cm³/mol. The maximum atomic E-state index is 10.6. The molecule has 0 amide bonds. The molecule has 5 nitrogen and oxygen atoms in total. The zero-order valence-electron chi connectivity index (χ0n) is 12.6. The average molecular weight is 319 g/mol. The Labute approximate surface area is 134 Å². The molecule has 118 valence electrons. The van der Waals surface area contributed by atoms with Gasteiger partial charge in [-0.3, -0.25) is 9.88 Å². The highest BCUT2D eigenvalue weighted by Crippen LogP contribution is 2.39. The van der Waals surface area contributed by atoms with E-state index in [2.05, 4.69) is 21.3 Å². The van der Waals surface area contributed by atoms with E-state index in [1.807, 2.05) is 11.4 Å². The van der Waals surface area contributed by atoms with E-state index in [4.69, 9.17) is 0 Å². The first kappa shape index (κ1) is 15.4. The number of hydrogen-bond donors (Lipinski definition) is 3. The zero-order valence-corrected chi connectivity index (χ0v) is 13.4. The maximum Gasteiger partial charge on any atom is 0.142 e. The second kappa shape index (κ2) is 6.75. The number of nitrogens with one attached hydrogen (secondary N) is 1. The number of aromatic nitrogens is 1. The molecule has 3 rings (SSSR count). The summed E-state index contributed by atoms with van der Waals surface area (Å²) in [5.74, 6) is 0.198. The summed E-state index contributed by atoms with van der Waals surface area (Å²) in [7, 11) is 0. The minimum Gasteiger partial charge on any atom is -0.506 e. The molecule has 1 fully saturated rings. The second-order valence-electron chi connectivity index (χ2n) is 5.49. The van der Waals surface area contributed by atoms with Gasteiger partial charge in [-0.15, -0.1) is 11.3 Å². The van der Waals surface area contributed by atoms with Crippen molar-refractivity contribution in [1.29, 1.82) is 0 Å². The van der Waals surface area contributed by atoms with Crippen LogP contribution in [0.2, 0.25) is 0 Å². The minimum atomic E-state index is -0.121. The number of thiophene rings is 1. The summed E-state index contributed by atoms with van der Waals surface area (Å²) in [6.45, 7) is 5.36. The number of aromatic hydroxyl groups is 1. The average Bonchev–Trinajstić information content (AvgIpc) is 3.07. The van der Waals surface area contributed by atoms with Gasteiger partial charge in [0.05, 0.1) is 18.3 Å². The molecular weight excluding hydrogens is 298 g/mol. The molecule has 22 heavy (non-hydrogen) atoms. The van der Waals surface area contributed by atoms with Crippen LogP contribution < -0.4 is 5.32 Å². The van der Waals surface area contributed by atoms with E-state index >= 15 is 0 Å². The van der Waals surface area contributed by atoms with Gasteiger partial charge in [0.25, 0.3) is 0 Å². The normalized spacial score (nSPS) is 17.5. The van der Waals surface area contributed by atoms with Crippen molar-refractivity contribution in [3.05, 3.63) is 45.4 Å². The van der Waals surface area contributed by atoms with Gasteiger partial charge in [-0.1, -0.05) is 6.07 Å². The Bertz CT molecular complexity index is 625. The molecule has 0 aliphatic carbocycles. The summed E-state index contributed by atoms with van der Waals surface area (Å²) >= 11 is 1.68. The lowest BCUT2D eigenvalue weighted by molar-refractivity contribution is 0.194. The van der Waals surface area contributed by atoms with Crippen LogP contribution in [0.3, 0.4) is 0 Å². The number of aliphatic hydroxyl groups excluding tert-OH is 1. The van der Waals surface area contributed by atoms with Crippen molar-refractivity contribution >= 4 is 11.3 Å². The molecule has 1 aliphatic rings. The molecule has 1 atom stereocenters. The Balaban J connectivity index is 2.11. The molecule has 0 aromatic carbocycles. The van der Waals surface area contributed by atoms with Gasteiger partial charge >= 0.3 is 0 Å². The highest BCUT2D eigenvalue weighted by molar-refractivity contribution is 7.10. The van der Waals surface area contributed by atoms with Crippen LogP contribution in [0.15, 0.2) is 23.7 Å². The Morgan fingerprint density at radius 3 is 2.82 bits per heavy atom. The molecule has 2 aromatic heterocycles. The molecule has 1 aliphatic heterocycles. The minimum absolute atomic E-state index is 0.0362. The first-order chi connectivity index (χ1) is 10.7. The Morgan fingerprint density at radius 2 is 2.18 bits per heavy atom. The SMILES string of the molecule is Cc1ncc(CO)c([C@@H](c2cccs2)N2CCNCC2)c1O. The zero-order chi connectivity index (χ0) is 15.5. The van der Waals surface area contributed by atoms with Gasteiger partial charge in [0.2, 0.25) is 0 Å². The maximum absolute atomic E-state index is 10.6. The molecule has 0 saturated carbocycles. The summed E-state index contributed by atoms with van der Waals surface area (Å²) in [4.78, 5) is 7.72. The lowest BCUT2D eigenvalue weighted by Gasteiger charge is -2.35. The second-order valence-corrected chi connectivity index (χ2v) is 6.47.